The molecule has 1 heterocycles. The van der Waals surface area contributed by atoms with E-state index in [4.69, 9.17) is 4.74 Å². The molecule has 1 aliphatic heterocycles. The number of nitrogens with one attached hydrogen (secondary N) is 1. The Morgan fingerprint density at radius 3 is 2.55 bits per heavy atom. The zero-order valence-corrected chi connectivity index (χ0v) is 18.3. The monoisotopic (exact) mass is 416 g/mol. The van der Waals surface area contributed by atoms with E-state index >= 15 is 0 Å². The van der Waals surface area contributed by atoms with Crippen molar-refractivity contribution in [3.05, 3.63) is 59.2 Å². The van der Waals surface area contributed by atoms with Gasteiger partial charge in [0.1, 0.15) is 5.75 Å². The van der Waals surface area contributed by atoms with Crippen LogP contribution in [0.25, 0.3) is 0 Å². The van der Waals surface area contributed by atoms with Crippen LogP contribution in [0.4, 0.5) is 5.69 Å². The summed E-state index contributed by atoms with van der Waals surface area (Å²) in [7, 11) is -1.67. The fourth-order valence-corrected chi connectivity index (χ4v) is 4.92. The number of aryl methyl sites for hydroxylation is 2. The van der Waals surface area contributed by atoms with Gasteiger partial charge >= 0.3 is 0 Å². The van der Waals surface area contributed by atoms with Crippen LogP contribution in [-0.4, -0.2) is 40.9 Å². The van der Waals surface area contributed by atoms with Crippen molar-refractivity contribution in [3.8, 4) is 5.75 Å². The first-order chi connectivity index (χ1) is 14.0. The van der Waals surface area contributed by atoms with Crippen LogP contribution in [0.15, 0.2) is 42.5 Å². The van der Waals surface area contributed by atoms with Gasteiger partial charge in [-0.3, -0.25) is 0 Å². The molecule has 5 nitrogen and oxygen atoms in total. The Hall–Kier alpha value is -2.05. The molecule has 0 radical (unpaired) electrons. The van der Waals surface area contributed by atoms with Crippen molar-refractivity contribution in [2.75, 3.05) is 37.4 Å². The maximum Gasteiger partial charge on any atom is 0.211 e. The highest BCUT2D eigenvalue weighted by Gasteiger charge is 2.16. The van der Waals surface area contributed by atoms with Crippen LogP contribution in [0.1, 0.15) is 36.5 Å². The predicted molar refractivity (Wildman–Crippen MR) is 119 cm³/mol. The largest absolute Gasteiger partial charge is 0.497 e. The molecule has 29 heavy (non-hydrogen) atoms. The van der Waals surface area contributed by atoms with Crippen molar-refractivity contribution in [2.45, 2.75) is 39.0 Å². The van der Waals surface area contributed by atoms with Gasteiger partial charge in [0.25, 0.3) is 0 Å². The van der Waals surface area contributed by atoms with E-state index in [1.807, 2.05) is 24.3 Å². The van der Waals surface area contributed by atoms with Crippen molar-refractivity contribution in [3.63, 3.8) is 0 Å². The Balaban J connectivity index is 1.49. The summed E-state index contributed by atoms with van der Waals surface area (Å²) < 4.78 is 32.5. The van der Waals surface area contributed by atoms with E-state index in [2.05, 4.69) is 34.7 Å². The lowest BCUT2D eigenvalue weighted by Crippen LogP contribution is -2.30. The van der Waals surface area contributed by atoms with Gasteiger partial charge in [0.05, 0.1) is 12.9 Å². The van der Waals surface area contributed by atoms with Gasteiger partial charge in [-0.05, 0) is 67.0 Å². The molecule has 2 aromatic rings. The lowest BCUT2D eigenvalue weighted by atomic mass is 9.98. The molecule has 0 atom stereocenters. The van der Waals surface area contributed by atoms with Crippen LogP contribution in [0.3, 0.4) is 0 Å². The zero-order valence-electron chi connectivity index (χ0n) is 17.5. The second-order valence-electron chi connectivity index (χ2n) is 7.61. The summed E-state index contributed by atoms with van der Waals surface area (Å²) in [5.41, 5.74) is 4.92. The molecule has 0 spiro atoms. The van der Waals surface area contributed by atoms with Crippen LogP contribution < -0.4 is 14.4 Å². The minimum Gasteiger partial charge on any atom is -0.497 e. The number of benzene rings is 2. The summed E-state index contributed by atoms with van der Waals surface area (Å²) in [5, 5.41) is 0. The molecule has 0 saturated heterocycles. The smallest absolute Gasteiger partial charge is 0.211 e. The Labute approximate surface area is 175 Å². The lowest BCUT2D eigenvalue weighted by molar-refractivity contribution is 0.414. The quantitative estimate of drug-likeness (QED) is 0.643. The number of sulfonamides is 1. The number of anilines is 1. The molecule has 1 N–H and O–H groups in total. The van der Waals surface area contributed by atoms with Crippen LogP contribution in [0, 0.1) is 0 Å². The fourth-order valence-electron chi connectivity index (χ4n) is 3.85. The minimum atomic E-state index is -3.29. The number of methoxy groups -OCH3 is 1. The summed E-state index contributed by atoms with van der Waals surface area (Å²) in [4.78, 5) is 2.46. The number of hydrogen-bond acceptors (Lipinski definition) is 4. The number of rotatable bonds is 10. The summed E-state index contributed by atoms with van der Waals surface area (Å²) in [6.45, 7) is 4.88. The number of nitrogens with zero attached hydrogens (tertiary/aromatic N) is 1. The van der Waals surface area contributed by atoms with Gasteiger partial charge in [0, 0.05) is 25.3 Å². The summed E-state index contributed by atoms with van der Waals surface area (Å²) >= 11 is 0. The van der Waals surface area contributed by atoms with Crippen LogP contribution in [0.5, 0.6) is 5.75 Å². The van der Waals surface area contributed by atoms with E-state index < -0.39 is 10.0 Å². The third-order valence-electron chi connectivity index (χ3n) is 5.41. The summed E-state index contributed by atoms with van der Waals surface area (Å²) in [6, 6.07) is 14.1. The summed E-state index contributed by atoms with van der Waals surface area (Å²) in [5.74, 6) is 0.868. The highest BCUT2D eigenvalue weighted by atomic mass is 32.2. The molecular formula is C23H32N2O3S. The maximum atomic E-state index is 12.3. The lowest BCUT2D eigenvalue weighted by Gasteiger charge is -2.31. The first kappa shape index (κ1) is 21.7. The topological polar surface area (TPSA) is 58.6 Å². The van der Waals surface area contributed by atoms with Crippen molar-refractivity contribution in [2.24, 2.45) is 0 Å². The SMILES string of the molecule is CCCN1CCCc2cc(CCNS(=O)(=O)CCc3ccc(OC)cc3)ccc21. The van der Waals surface area contributed by atoms with E-state index in [9.17, 15) is 8.42 Å². The van der Waals surface area contributed by atoms with Crippen molar-refractivity contribution in [1.82, 2.24) is 4.72 Å². The molecule has 0 saturated carbocycles. The van der Waals surface area contributed by atoms with Crippen molar-refractivity contribution in [1.29, 1.82) is 0 Å². The standard InChI is InChI=1S/C23H32N2O3S/c1-3-15-25-16-4-5-21-18-20(8-11-23(21)25)12-14-24-29(26,27)17-13-19-6-9-22(28-2)10-7-19/h6-11,18,24H,3-5,12-17H2,1-2H3. The maximum absolute atomic E-state index is 12.3. The molecule has 0 unspecified atom stereocenters. The molecule has 158 valence electrons. The average molecular weight is 417 g/mol. The van der Waals surface area contributed by atoms with E-state index in [1.165, 1.54) is 23.2 Å². The Bertz CT molecular complexity index is 895. The predicted octanol–water partition coefficient (Wildman–Crippen LogP) is 3.56. The van der Waals surface area contributed by atoms with Crippen LogP contribution in [0.2, 0.25) is 0 Å². The first-order valence-electron chi connectivity index (χ1n) is 10.5. The first-order valence-corrected chi connectivity index (χ1v) is 12.1. The van der Waals surface area contributed by atoms with E-state index in [1.54, 1.807) is 7.11 Å². The van der Waals surface area contributed by atoms with Crippen molar-refractivity contribution < 1.29 is 13.2 Å². The summed E-state index contributed by atoms with van der Waals surface area (Å²) in [6.07, 6.45) is 4.65. The van der Waals surface area contributed by atoms with Gasteiger partial charge in [0.2, 0.25) is 10.0 Å². The highest BCUT2D eigenvalue weighted by Crippen LogP contribution is 2.28. The third-order valence-corrected chi connectivity index (χ3v) is 6.79. The Morgan fingerprint density at radius 1 is 1.07 bits per heavy atom. The van der Waals surface area contributed by atoms with Gasteiger partial charge < -0.3 is 9.64 Å². The van der Waals surface area contributed by atoms with E-state index in [0.29, 0.717) is 19.4 Å². The van der Waals surface area contributed by atoms with E-state index in [-0.39, 0.29) is 5.75 Å². The molecular weight excluding hydrogens is 384 g/mol. The Kier molecular flexibility index (Phi) is 7.56. The Morgan fingerprint density at radius 2 is 1.83 bits per heavy atom. The van der Waals surface area contributed by atoms with Gasteiger partial charge in [-0.2, -0.15) is 0 Å². The molecule has 0 bridgehead atoms. The molecule has 2 aromatic carbocycles. The average Bonchev–Trinajstić information content (AvgIpc) is 2.73. The number of hydrogen-bond donors (Lipinski definition) is 1. The molecule has 3 rings (SSSR count). The molecule has 6 heteroatoms. The second-order valence-corrected chi connectivity index (χ2v) is 9.54. The number of ether oxygens (including phenoxy) is 1. The van der Waals surface area contributed by atoms with Gasteiger partial charge in [-0.15, -0.1) is 0 Å². The minimum absolute atomic E-state index is 0.0928. The molecule has 1 aliphatic rings. The number of fused-ring (bicyclic) bond motifs is 1. The van der Waals surface area contributed by atoms with Crippen molar-refractivity contribution >= 4 is 15.7 Å². The normalized spacial score (nSPS) is 13.9. The van der Waals surface area contributed by atoms with Gasteiger partial charge in [-0.25, -0.2) is 13.1 Å². The highest BCUT2D eigenvalue weighted by molar-refractivity contribution is 7.89. The van der Waals surface area contributed by atoms with Crippen LogP contribution >= 0.6 is 0 Å². The van der Waals surface area contributed by atoms with Crippen LogP contribution in [-0.2, 0) is 29.3 Å². The molecule has 0 aliphatic carbocycles. The molecule has 0 aromatic heterocycles. The van der Waals surface area contributed by atoms with Gasteiger partial charge in [0.15, 0.2) is 0 Å². The molecule has 0 fully saturated rings. The second kappa shape index (κ2) is 10.1. The van der Waals surface area contributed by atoms with Gasteiger partial charge in [-0.1, -0.05) is 31.2 Å². The fraction of sp³-hybridized carbons (Fsp3) is 0.478. The van der Waals surface area contributed by atoms with E-state index in [0.717, 1.165) is 37.2 Å². The third kappa shape index (κ3) is 6.21. The molecule has 0 amide bonds. The zero-order chi connectivity index (χ0) is 20.7.